The molecule has 8 nitrogen and oxygen atoms in total. The average molecular weight is 350 g/mol. The van der Waals surface area contributed by atoms with Crippen LogP contribution in [0.5, 0.6) is 0 Å². The highest BCUT2D eigenvalue weighted by atomic mass is 16.3. The highest BCUT2D eigenvalue weighted by molar-refractivity contribution is 6.09. The molecule has 0 bridgehead atoms. The molecule has 26 heavy (non-hydrogen) atoms. The first-order chi connectivity index (χ1) is 12.5. The van der Waals surface area contributed by atoms with Crippen molar-refractivity contribution in [3.8, 4) is 0 Å². The number of rotatable bonds is 3. The highest BCUT2D eigenvalue weighted by Gasteiger charge is 2.52. The van der Waals surface area contributed by atoms with Gasteiger partial charge >= 0.3 is 6.03 Å². The van der Waals surface area contributed by atoms with Gasteiger partial charge in [-0.25, -0.2) is 9.78 Å². The zero-order valence-electron chi connectivity index (χ0n) is 13.7. The molecule has 2 aromatic heterocycles. The molecule has 4 rings (SSSR count). The molecule has 4 amide bonds. The molecule has 1 fully saturated rings. The zero-order chi connectivity index (χ0) is 18.3. The lowest BCUT2D eigenvalue weighted by Gasteiger charge is -2.19. The molecule has 1 aliphatic rings. The minimum absolute atomic E-state index is 0.0934. The topological polar surface area (TPSA) is 105 Å². The third-order valence-electron chi connectivity index (χ3n) is 4.25. The number of carbonyl (C=O) groups excluding carboxylic acids is 3. The summed E-state index contributed by atoms with van der Waals surface area (Å²) in [6, 6.07) is 13.0. The fourth-order valence-electron chi connectivity index (χ4n) is 2.82. The maximum Gasteiger partial charge on any atom is 0.344 e. The lowest BCUT2D eigenvalue weighted by atomic mass is 10.00. The Bertz CT molecular complexity index is 1030. The van der Waals surface area contributed by atoms with Gasteiger partial charge in [0.15, 0.2) is 5.54 Å². The molecule has 0 unspecified atom stereocenters. The van der Waals surface area contributed by atoms with Crippen molar-refractivity contribution in [3.63, 3.8) is 0 Å². The number of imide groups is 1. The molecule has 1 aromatic carbocycles. The van der Waals surface area contributed by atoms with Gasteiger partial charge in [0.1, 0.15) is 11.5 Å². The number of para-hydroxylation sites is 1. The predicted octanol–water partition coefficient (Wildman–Crippen LogP) is 1.94. The number of carbonyl (C=O) groups is 3. The Morgan fingerprint density at radius 1 is 1.15 bits per heavy atom. The van der Waals surface area contributed by atoms with Crippen molar-refractivity contribution in [1.82, 2.24) is 20.7 Å². The number of furan rings is 1. The number of hydrogen-bond donors (Lipinski definition) is 2. The number of amides is 4. The number of urea groups is 1. The first kappa shape index (κ1) is 15.8. The zero-order valence-corrected chi connectivity index (χ0v) is 13.7. The molecule has 0 aliphatic carbocycles. The normalized spacial score (nSPS) is 19.7. The molecule has 0 radical (unpaired) electrons. The number of fused-ring (bicyclic) bond motifs is 1. The van der Waals surface area contributed by atoms with E-state index in [9.17, 15) is 14.4 Å². The van der Waals surface area contributed by atoms with Crippen LogP contribution in [0, 0.1) is 0 Å². The highest BCUT2D eigenvalue weighted by Crippen LogP contribution is 2.28. The number of nitrogens with one attached hydrogen (secondary N) is 2. The molecule has 1 saturated heterocycles. The van der Waals surface area contributed by atoms with Crippen molar-refractivity contribution < 1.29 is 18.8 Å². The van der Waals surface area contributed by atoms with E-state index in [2.05, 4.69) is 15.7 Å². The van der Waals surface area contributed by atoms with Gasteiger partial charge in [-0.1, -0.05) is 24.3 Å². The number of benzene rings is 1. The summed E-state index contributed by atoms with van der Waals surface area (Å²) in [5.74, 6) is -1.04. The molecule has 0 spiro atoms. The summed E-state index contributed by atoms with van der Waals surface area (Å²) in [5, 5.41) is 4.05. The van der Waals surface area contributed by atoms with Gasteiger partial charge < -0.3 is 9.73 Å². The third kappa shape index (κ3) is 2.39. The van der Waals surface area contributed by atoms with E-state index >= 15 is 0 Å². The molecule has 130 valence electrons. The molecule has 1 aliphatic heterocycles. The van der Waals surface area contributed by atoms with Gasteiger partial charge in [-0.15, -0.1) is 0 Å². The molecule has 3 heterocycles. The van der Waals surface area contributed by atoms with E-state index in [1.54, 1.807) is 24.3 Å². The summed E-state index contributed by atoms with van der Waals surface area (Å²) in [6.07, 6.45) is 1.40. The maximum atomic E-state index is 12.7. The van der Waals surface area contributed by atoms with Gasteiger partial charge in [-0.2, -0.15) is 5.01 Å². The van der Waals surface area contributed by atoms with Crippen molar-refractivity contribution in [2.45, 2.75) is 12.5 Å². The maximum absolute atomic E-state index is 12.7. The molecular formula is C18H14N4O4. The van der Waals surface area contributed by atoms with Crippen molar-refractivity contribution in [3.05, 3.63) is 66.2 Å². The van der Waals surface area contributed by atoms with Crippen molar-refractivity contribution in [2.24, 2.45) is 0 Å². The summed E-state index contributed by atoms with van der Waals surface area (Å²) in [4.78, 5) is 41.6. The van der Waals surface area contributed by atoms with Crippen molar-refractivity contribution in [1.29, 1.82) is 0 Å². The van der Waals surface area contributed by atoms with Crippen molar-refractivity contribution >= 4 is 28.7 Å². The van der Waals surface area contributed by atoms with Crippen LogP contribution < -0.4 is 10.7 Å². The van der Waals surface area contributed by atoms with E-state index in [-0.39, 0.29) is 11.5 Å². The van der Waals surface area contributed by atoms with E-state index < -0.39 is 23.4 Å². The fourth-order valence-corrected chi connectivity index (χ4v) is 2.82. The standard InChI is InChI=1S/C18H14N4O4/c1-18(14-7-4-10-26-14)16(24)22(17(25)20-18)21-15(23)13-9-8-11-5-2-3-6-12(11)19-13/h2-10H,1H3,(H,20,25)(H,21,23)/t18-/m0/s1. The lowest BCUT2D eigenvalue weighted by molar-refractivity contribution is -0.133. The van der Waals surface area contributed by atoms with Crippen LogP contribution in [-0.4, -0.2) is 27.8 Å². The van der Waals surface area contributed by atoms with E-state index in [4.69, 9.17) is 4.42 Å². The van der Waals surface area contributed by atoms with Crippen LogP contribution in [0.25, 0.3) is 10.9 Å². The summed E-state index contributed by atoms with van der Waals surface area (Å²) >= 11 is 0. The predicted molar refractivity (Wildman–Crippen MR) is 90.6 cm³/mol. The summed E-state index contributed by atoms with van der Waals surface area (Å²) in [6.45, 7) is 1.51. The van der Waals surface area contributed by atoms with Gasteiger partial charge in [-0.3, -0.25) is 15.0 Å². The van der Waals surface area contributed by atoms with E-state index in [0.717, 1.165) is 5.39 Å². The number of pyridine rings is 1. The van der Waals surface area contributed by atoms with E-state index in [1.165, 1.54) is 19.3 Å². The molecular weight excluding hydrogens is 336 g/mol. The minimum atomic E-state index is -1.38. The third-order valence-corrected chi connectivity index (χ3v) is 4.25. The summed E-state index contributed by atoms with van der Waals surface area (Å²) in [7, 11) is 0. The Morgan fingerprint density at radius 3 is 2.73 bits per heavy atom. The second-order valence-corrected chi connectivity index (χ2v) is 6.00. The first-order valence-corrected chi connectivity index (χ1v) is 7.86. The molecule has 2 N–H and O–H groups in total. The number of hydrogen-bond acceptors (Lipinski definition) is 5. The summed E-state index contributed by atoms with van der Waals surface area (Å²) in [5.41, 5.74) is 1.65. The Hall–Kier alpha value is -3.68. The SMILES string of the molecule is C[C@@]1(c2ccco2)NC(=O)N(NC(=O)c2ccc3ccccc3n2)C1=O. The van der Waals surface area contributed by atoms with Crippen LogP contribution in [0.1, 0.15) is 23.2 Å². The number of aromatic nitrogens is 1. The smallest absolute Gasteiger partial charge is 0.344 e. The Labute approximate surface area is 147 Å². The van der Waals surface area contributed by atoms with Crippen LogP contribution in [0.15, 0.2) is 59.2 Å². The Kier molecular flexibility index (Phi) is 3.47. The first-order valence-electron chi connectivity index (χ1n) is 7.86. The van der Waals surface area contributed by atoms with Crippen LogP contribution >= 0.6 is 0 Å². The molecule has 1 atom stereocenters. The second-order valence-electron chi connectivity index (χ2n) is 6.00. The quantitative estimate of drug-likeness (QED) is 0.703. The molecule has 3 aromatic rings. The largest absolute Gasteiger partial charge is 0.466 e. The summed E-state index contributed by atoms with van der Waals surface area (Å²) < 4.78 is 5.24. The van der Waals surface area contributed by atoms with Gasteiger partial charge in [-0.05, 0) is 31.2 Å². The lowest BCUT2D eigenvalue weighted by Crippen LogP contribution is -2.48. The Balaban J connectivity index is 1.59. The van der Waals surface area contributed by atoms with Crippen LogP contribution in [0.4, 0.5) is 4.79 Å². The van der Waals surface area contributed by atoms with E-state index in [0.29, 0.717) is 10.5 Å². The van der Waals surface area contributed by atoms with Gasteiger partial charge in [0.25, 0.3) is 11.8 Å². The van der Waals surface area contributed by atoms with Gasteiger partial charge in [0.2, 0.25) is 0 Å². The fraction of sp³-hybridized carbons (Fsp3) is 0.111. The van der Waals surface area contributed by atoms with Gasteiger partial charge in [0, 0.05) is 5.39 Å². The second kappa shape index (κ2) is 5.69. The number of nitrogens with zero attached hydrogens (tertiary/aromatic N) is 2. The molecule has 0 saturated carbocycles. The monoisotopic (exact) mass is 350 g/mol. The van der Waals surface area contributed by atoms with Crippen molar-refractivity contribution in [2.75, 3.05) is 0 Å². The van der Waals surface area contributed by atoms with Crippen LogP contribution in [0.2, 0.25) is 0 Å². The Morgan fingerprint density at radius 2 is 1.96 bits per heavy atom. The van der Waals surface area contributed by atoms with E-state index in [1.807, 2.05) is 18.2 Å². The number of hydrazine groups is 1. The van der Waals surface area contributed by atoms with Gasteiger partial charge in [0.05, 0.1) is 11.8 Å². The van der Waals surface area contributed by atoms with Crippen LogP contribution in [-0.2, 0) is 10.3 Å². The van der Waals surface area contributed by atoms with Crippen LogP contribution in [0.3, 0.4) is 0 Å². The minimum Gasteiger partial charge on any atom is -0.466 e. The average Bonchev–Trinajstić information content (AvgIpc) is 3.26. The molecule has 8 heteroatoms.